The molecule has 0 fully saturated rings. The molecule has 2 atom stereocenters. The van der Waals surface area contributed by atoms with Crippen LogP contribution in [0.3, 0.4) is 0 Å². The summed E-state index contributed by atoms with van der Waals surface area (Å²) in [7, 11) is 0. The van der Waals surface area contributed by atoms with Gasteiger partial charge in [-0.3, -0.25) is 4.68 Å². The number of aryl methyl sites for hydroxylation is 3. The molecular weight excluding hydrogens is 224 g/mol. The zero-order valence-corrected chi connectivity index (χ0v) is 11.4. The van der Waals surface area contributed by atoms with Crippen molar-refractivity contribution in [2.24, 2.45) is 0 Å². The molecule has 0 aliphatic carbocycles. The highest BCUT2D eigenvalue weighted by Gasteiger charge is 2.20. The third-order valence-electron chi connectivity index (χ3n) is 3.31. The van der Waals surface area contributed by atoms with Crippen LogP contribution < -0.4 is 0 Å². The summed E-state index contributed by atoms with van der Waals surface area (Å²) in [5.74, 6) is 0. The minimum absolute atomic E-state index is 0.0681. The predicted molar refractivity (Wildman–Crippen MR) is 72.6 cm³/mol. The van der Waals surface area contributed by atoms with E-state index in [0.29, 0.717) is 0 Å². The Labute approximate surface area is 108 Å². The minimum Gasteiger partial charge on any atom is -0.386 e. The maximum Gasteiger partial charge on any atom is 0.101 e. The van der Waals surface area contributed by atoms with Gasteiger partial charge in [0.25, 0.3) is 0 Å². The monoisotopic (exact) mass is 244 g/mol. The number of benzene rings is 1. The molecule has 0 spiro atoms. The highest BCUT2D eigenvalue weighted by atomic mass is 16.3. The molecule has 0 radical (unpaired) electrons. The lowest BCUT2D eigenvalue weighted by Crippen LogP contribution is -2.17. The van der Waals surface area contributed by atoms with Crippen molar-refractivity contribution in [2.75, 3.05) is 0 Å². The fourth-order valence-corrected chi connectivity index (χ4v) is 2.23. The van der Waals surface area contributed by atoms with Crippen molar-refractivity contribution in [3.63, 3.8) is 0 Å². The lowest BCUT2D eigenvalue weighted by atomic mass is 10.0. The van der Waals surface area contributed by atoms with Crippen LogP contribution in [0.25, 0.3) is 0 Å². The third kappa shape index (κ3) is 2.46. The largest absolute Gasteiger partial charge is 0.386 e. The first-order valence-corrected chi connectivity index (χ1v) is 6.26. The van der Waals surface area contributed by atoms with E-state index in [-0.39, 0.29) is 6.04 Å². The number of hydrogen-bond donors (Lipinski definition) is 1. The Hall–Kier alpha value is -1.61. The lowest BCUT2D eigenvalue weighted by Gasteiger charge is -2.21. The summed E-state index contributed by atoms with van der Waals surface area (Å²) in [6.45, 7) is 8.01. The van der Waals surface area contributed by atoms with Gasteiger partial charge in [-0.2, -0.15) is 5.10 Å². The Kier molecular flexibility index (Phi) is 3.53. The van der Waals surface area contributed by atoms with E-state index in [2.05, 4.69) is 5.10 Å². The van der Waals surface area contributed by atoms with Gasteiger partial charge in [-0.15, -0.1) is 0 Å². The van der Waals surface area contributed by atoms with Gasteiger partial charge in [0.2, 0.25) is 0 Å². The second-order valence-corrected chi connectivity index (χ2v) is 4.97. The molecule has 1 aromatic heterocycles. The van der Waals surface area contributed by atoms with Gasteiger partial charge in [-0.1, -0.05) is 29.8 Å². The smallest absolute Gasteiger partial charge is 0.101 e. The van der Waals surface area contributed by atoms with Gasteiger partial charge in [-0.25, -0.2) is 0 Å². The van der Waals surface area contributed by atoms with Crippen LogP contribution in [-0.4, -0.2) is 14.9 Å². The molecule has 0 saturated heterocycles. The van der Waals surface area contributed by atoms with E-state index >= 15 is 0 Å². The van der Waals surface area contributed by atoms with E-state index in [9.17, 15) is 5.11 Å². The maximum atomic E-state index is 10.4. The molecule has 1 heterocycles. The summed E-state index contributed by atoms with van der Waals surface area (Å²) in [6.07, 6.45) is -0.538. The van der Waals surface area contributed by atoms with Crippen molar-refractivity contribution < 1.29 is 5.11 Å². The van der Waals surface area contributed by atoms with E-state index in [1.807, 2.05) is 62.7 Å². The molecule has 0 aliphatic rings. The lowest BCUT2D eigenvalue weighted by molar-refractivity contribution is 0.114. The van der Waals surface area contributed by atoms with Crippen LogP contribution in [0, 0.1) is 20.8 Å². The van der Waals surface area contributed by atoms with Gasteiger partial charge in [-0.05, 0) is 39.3 Å². The molecule has 2 rings (SSSR count). The number of aliphatic hydroxyl groups is 1. The average Bonchev–Trinajstić information content (AvgIpc) is 2.67. The molecule has 1 N–H and O–H groups in total. The van der Waals surface area contributed by atoms with Crippen molar-refractivity contribution >= 4 is 0 Å². The van der Waals surface area contributed by atoms with E-state index in [0.717, 1.165) is 17.0 Å². The summed E-state index contributed by atoms with van der Waals surface area (Å²) < 4.78 is 1.89. The second-order valence-electron chi connectivity index (χ2n) is 4.97. The van der Waals surface area contributed by atoms with E-state index in [1.54, 1.807) is 0 Å². The second kappa shape index (κ2) is 4.94. The van der Waals surface area contributed by atoms with Gasteiger partial charge in [0.1, 0.15) is 6.10 Å². The standard InChI is InChI=1S/C15H20N2O/c1-10-5-7-14(8-6-10)15(18)13(4)17-12(3)9-11(2)16-17/h5-9,13,15,18H,1-4H3. The summed E-state index contributed by atoms with van der Waals surface area (Å²) in [5.41, 5.74) is 4.19. The summed E-state index contributed by atoms with van der Waals surface area (Å²) in [6, 6.07) is 9.95. The predicted octanol–water partition coefficient (Wildman–Crippen LogP) is 3.10. The molecule has 3 heteroatoms. The van der Waals surface area contributed by atoms with Crippen LogP contribution in [0.1, 0.15) is 41.6 Å². The third-order valence-corrected chi connectivity index (χ3v) is 3.31. The Morgan fingerprint density at radius 3 is 2.22 bits per heavy atom. The highest BCUT2D eigenvalue weighted by molar-refractivity contribution is 5.24. The normalized spacial score (nSPS) is 14.5. The number of nitrogens with zero attached hydrogens (tertiary/aromatic N) is 2. The Balaban J connectivity index is 2.25. The van der Waals surface area contributed by atoms with E-state index < -0.39 is 6.10 Å². The van der Waals surface area contributed by atoms with Crippen molar-refractivity contribution in [1.29, 1.82) is 0 Å². The summed E-state index contributed by atoms with van der Waals surface area (Å²) in [5, 5.41) is 14.8. The molecule has 0 bridgehead atoms. The van der Waals surface area contributed by atoms with Gasteiger partial charge < -0.3 is 5.11 Å². The van der Waals surface area contributed by atoms with Crippen LogP contribution in [0.15, 0.2) is 30.3 Å². The van der Waals surface area contributed by atoms with Crippen molar-refractivity contribution in [3.05, 3.63) is 52.8 Å². The maximum absolute atomic E-state index is 10.4. The Morgan fingerprint density at radius 1 is 1.11 bits per heavy atom. The van der Waals surface area contributed by atoms with Gasteiger partial charge in [0, 0.05) is 5.69 Å². The first-order valence-electron chi connectivity index (χ1n) is 6.26. The summed E-state index contributed by atoms with van der Waals surface area (Å²) in [4.78, 5) is 0. The Morgan fingerprint density at radius 2 is 1.72 bits per heavy atom. The quantitative estimate of drug-likeness (QED) is 0.901. The molecule has 0 saturated carbocycles. The fourth-order valence-electron chi connectivity index (χ4n) is 2.23. The molecule has 3 nitrogen and oxygen atoms in total. The zero-order valence-electron chi connectivity index (χ0n) is 11.4. The minimum atomic E-state index is -0.538. The van der Waals surface area contributed by atoms with Crippen molar-refractivity contribution in [1.82, 2.24) is 9.78 Å². The first kappa shape index (κ1) is 12.8. The topological polar surface area (TPSA) is 38.0 Å². The molecule has 2 unspecified atom stereocenters. The van der Waals surface area contributed by atoms with Crippen LogP contribution in [-0.2, 0) is 0 Å². The van der Waals surface area contributed by atoms with Gasteiger partial charge in [0.15, 0.2) is 0 Å². The van der Waals surface area contributed by atoms with E-state index in [1.165, 1.54) is 5.56 Å². The zero-order chi connectivity index (χ0) is 13.3. The molecule has 1 aromatic carbocycles. The van der Waals surface area contributed by atoms with Crippen molar-refractivity contribution in [3.8, 4) is 0 Å². The molecular formula is C15H20N2O. The Bertz CT molecular complexity index is 528. The molecule has 0 amide bonds. The molecule has 18 heavy (non-hydrogen) atoms. The molecule has 2 aromatic rings. The van der Waals surface area contributed by atoms with E-state index in [4.69, 9.17) is 0 Å². The molecule has 96 valence electrons. The number of hydrogen-bond acceptors (Lipinski definition) is 2. The summed E-state index contributed by atoms with van der Waals surface area (Å²) >= 11 is 0. The number of aliphatic hydroxyl groups excluding tert-OH is 1. The first-order chi connectivity index (χ1) is 8.49. The van der Waals surface area contributed by atoms with Crippen LogP contribution in [0.4, 0.5) is 0 Å². The van der Waals surface area contributed by atoms with Crippen molar-refractivity contribution in [2.45, 2.75) is 39.8 Å². The highest BCUT2D eigenvalue weighted by Crippen LogP contribution is 2.26. The van der Waals surface area contributed by atoms with Gasteiger partial charge in [0.05, 0.1) is 11.7 Å². The SMILES string of the molecule is Cc1ccc(C(O)C(C)n2nc(C)cc2C)cc1. The van der Waals surface area contributed by atoms with Gasteiger partial charge >= 0.3 is 0 Å². The number of aromatic nitrogens is 2. The van der Waals surface area contributed by atoms with Crippen LogP contribution >= 0.6 is 0 Å². The molecule has 0 aliphatic heterocycles. The van der Waals surface area contributed by atoms with Crippen LogP contribution in [0.2, 0.25) is 0 Å². The average molecular weight is 244 g/mol. The van der Waals surface area contributed by atoms with Crippen LogP contribution in [0.5, 0.6) is 0 Å². The fraction of sp³-hybridized carbons (Fsp3) is 0.400. The number of rotatable bonds is 3.